The molecule has 2 aromatic heterocycles. The van der Waals surface area contributed by atoms with Crippen LogP contribution in [0.2, 0.25) is 5.02 Å². The van der Waals surface area contributed by atoms with Gasteiger partial charge < -0.3 is 10.3 Å². The molecular weight excluding hydrogens is 294 g/mol. The van der Waals surface area contributed by atoms with E-state index in [1.807, 2.05) is 35.7 Å². The van der Waals surface area contributed by atoms with E-state index in [-0.39, 0.29) is 5.56 Å². The SMILES string of the molecule is O=c1[nH]c(CNCc2cccc(Cl)c2)nc2ccsc12. The van der Waals surface area contributed by atoms with Gasteiger partial charge in [0.25, 0.3) is 5.56 Å². The summed E-state index contributed by atoms with van der Waals surface area (Å²) in [7, 11) is 0. The maximum Gasteiger partial charge on any atom is 0.268 e. The molecule has 2 heterocycles. The first-order chi connectivity index (χ1) is 9.72. The molecule has 1 aromatic carbocycles. The van der Waals surface area contributed by atoms with Crippen molar-refractivity contribution in [1.82, 2.24) is 15.3 Å². The number of benzene rings is 1. The number of thiophene rings is 1. The predicted octanol–water partition coefficient (Wildman–Crippen LogP) is 2.93. The summed E-state index contributed by atoms with van der Waals surface area (Å²) < 4.78 is 0.670. The Morgan fingerprint density at radius 2 is 2.20 bits per heavy atom. The van der Waals surface area contributed by atoms with E-state index in [1.54, 1.807) is 0 Å². The second kappa shape index (κ2) is 5.75. The van der Waals surface area contributed by atoms with Gasteiger partial charge in [0.15, 0.2) is 0 Å². The van der Waals surface area contributed by atoms with Gasteiger partial charge in [0.05, 0.1) is 12.1 Å². The summed E-state index contributed by atoms with van der Waals surface area (Å²) in [6.45, 7) is 1.18. The molecular formula is C14H12ClN3OS. The lowest BCUT2D eigenvalue weighted by Gasteiger charge is -2.05. The summed E-state index contributed by atoms with van der Waals surface area (Å²) in [5.41, 5.74) is 1.76. The van der Waals surface area contributed by atoms with Crippen LogP contribution in [0.5, 0.6) is 0 Å². The summed E-state index contributed by atoms with van der Waals surface area (Å²) in [5, 5.41) is 5.83. The van der Waals surface area contributed by atoms with Gasteiger partial charge in [-0.3, -0.25) is 4.79 Å². The smallest absolute Gasteiger partial charge is 0.268 e. The van der Waals surface area contributed by atoms with Crippen molar-refractivity contribution >= 4 is 33.2 Å². The normalized spacial score (nSPS) is 11.1. The average Bonchev–Trinajstić information content (AvgIpc) is 2.88. The Hall–Kier alpha value is -1.69. The molecule has 2 N–H and O–H groups in total. The lowest BCUT2D eigenvalue weighted by molar-refractivity contribution is 0.663. The molecule has 3 rings (SSSR count). The van der Waals surface area contributed by atoms with Gasteiger partial charge >= 0.3 is 0 Å². The zero-order chi connectivity index (χ0) is 13.9. The van der Waals surface area contributed by atoms with Gasteiger partial charge in [-0.1, -0.05) is 23.7 Å². The van der Waals surface area contributed by atoms with Crippen molar-refractivity contribution in [3.05, 3.63) is 62.5 Å². The van der Waals surface area contributed by atoms with Crippen LogP contribution < -0.4 is 10.9 Å². The topological polar surface area (TPSA) is 57.8 Å². The number of nitrogens with zero attached hydrogens (tertiary/aromatic N) is 1. The van der Waals surface area contributed by atoms with Crippen LogP contribution in [0.4, 0.5) is 0 Å². The molecule has 0 aliphatic heterocycles. The Balaban J connectivity index is 1.69. The van der Waals surface area contributed by atoms with E-state index in [1.165, 1.54) is 11.3 Å². The molecule has 3 aromatic rings. The van der Waals surface area contributed by atoms with Crippen molar-refractivity contribution in [2.45, 2.75) is 13.1 Å². The van der Waals surface area contributed by atoms with Crippen LogP contribution in [-0.2, 0) is 13.1 Å². The third kappa shape index (κ3) is 2.90. The molecule has 0 bridgehead atoms. The molecule has 0 atom stereocenters. The van der Waals surface area contributed by atoms with Crippen LogP contribution in [0.15, 0.2) is 40.5 Å². The molecule has 0 saturated carbocycles. The first-order valence-corrected chi connectivity index (χ1v) is 7.40. The molecule has 0 saturated heterocycles. The maximum absolute atomic E-state index is 11.8. The third-order valence-electron chi connectivity index (χ3n) is 2.87. The zero-order valence-corrected chi connectivity index (χ0v) is 12.1. The quantitative estimate of drug-likeness (QED) is 0.779. The molecule has 0 aliphatic carbocycles. The van der Waals surface area contributed by atoms with Crippen LogP contribution in [0.3, 0.4) is 0 Å². The van der Waals surface area contributed by atoms with E-state index in [0.29, 0.717) is 23.6 Å². The number of halogens is 1. The van der Waals surface area contributed by atoms with Gasteiger partial charge in [0.1, 0.15) is 10.5 Å². The van der Waals surface area contributed by atoms with Gasteiger partial charge in [-0.2, -0.15) is 0 Å². The molecule has 0 fully saturated rings. The molecule has 6 heteroatoms. The number of aromatic nitrogens is 2. The van der Waals surface area contributed by atoms with Gasteiger partial charge in [0.2, 0.25) is 0 Å². The van der Waals surface area contributed by atoms with Gasteiger partial charge in [-0.05, 0) is 29.1 Å². The highest BCUT2D eigenvalue weighted by Gasteiger charge is 2.04. The Labute approximate surface area is 124 Å². The standard InChI is InChI=1S/C14H12ClN3OS/c15-10-3-1-2-9(6-10)7-16-8-12-17-11-4-5-20-13(11)14(19)18-12/h1-6,16H,7-8H2,(H,17,18,19). The number of aromatic amines is 1. The fourth-order valence-corrected chi connectivity index (χ4v) is 2.92. The number of hydrogen-bond acceptors (Lipinski definition) is 4. The second-order valence-corrected chi connectivity index (χ2v) is 5.73. The van der Waals surface area contributed by atoms with E-state index in [2.05, 4.69) is 15.3 Å². The molecule has 0 radical (unpaired) electrons. The van der Waals surface area contributed by atoms with E-state index < -0.39 is 0 Å². The summed E-state index contributed by atoms with van der Waals surface area (Å²) in [5.74, 6) is 0.642. The van der Waals surface area contributed by atoms with E-state index in [9.17, 15) is 4.79 Å². The number of hydrogen-bond donors (Lipinski definition) is 2. The minimum atomic E-state index is -0.0791. The first kappa shape index (κ1) is 13.3. The van der Waals surface area contributed by atoms with Gasteiger partial charge in [-0.15, -0.1) is 11.3 Å². The highest BCUT2D eigenvalue weighted by atomic mass is 35.5. The molecule has 0 unspecified atom stereocenters. The monoisotopic (exact) mass is 305 g/mol. The fraction of sp³-hybridized carbons (Fsp3) is 0.143. The lowest BCUT2D eigenvalue weighted by Crippen LogP contribution is -2.18. The fourth-order valence-electron chi connectivity index (χ4n) is 1.98. The van der Waals surface area contributed by atoms with Gasteiger partial charge in [0, 0.05) is 11.6 Å². The average molecular weight is 306 g/mol. The number of fused-ring (bicyclic) bond motifs is 1. The summed E-state index contributed by atoms with van der Waals surface area (Å²) in [4.78, 5) is 19.0. The van der Waals surface area contributed by atoms with Crippen molar-refractivity contribution in [3.8, 4) is 0 Å². The molecule has 20 heavy (non-hydrogen) atoms. The molecule has 0 aliphatic rings. The molecule has 0 amide bonds. The highest BCUT2D eigenvalue weighted by Crippen LogP contribution is 2.13. The van der Waals surface area contributed by atoms with Gasteiger partial charge in [-0.25, -0.2) is 4.98 Å². The van der Waals surface area contributed by atoms with Crippen molar-refractivity contribution < 1.29 is 0 Å². The van der Waals surface area contributed by atoms with E-state index >= 15 is 0 Å². The largest absolute Gasteiger partial charge is 0.308 e. The number of rotatable bonds is 4. The Bertz CT molecular complexity index is 796. The van der Waals surface area contributed by atoms with Crippen molar-refractivity contribution in [2.24, 2.45) is 0 Å². The minimum Gasteiger partial charge on any atom is -0.308 e. The summed E-state index contributed by atoms with van der Waals surface area (Å²) >= 11 is 7.33. The Morgan fingerprint density at radius 1 is 1.30 bits per heavy atom. The molecule has 4 nitrogen and oxygen atoms in total. The Kier molecular flexibility index (Phi) is 3.82. The van der Waals surface area contributed by atoms with Crippen LogP contribution in [0.1, 0.15) is 11.4 Å². The molecule has 0 spiro atoms. The van der Waals surface area contributed by atoms with E-state index in [0.717, 1.165) is 16.1 Å². The van der Waals surface area contributed by atoms with Crippen LogP contribution >= 0.6 is 22.9 Å². The lowest BCUT2D eigenvalue weighted by atomic mass is 10.2. The van der Waals surface area contributed by atoms with Crippen LogP contribution in [-0.4, -0.2) is 9.97 Å². The predicted molar refractivity (Wildman–Crippen MR) is 82.2 cm³/mol. The van der Waals surface area contributed by atoms with Crippen molar-refractivity contribution in [1.29, 1.82) is 0 Å². The van der Waals surface area contributed by atoms with Crippen molar-refractivity contribution in [2.75, 3.05) is 0 Å². The van der Waals surface area contributed by atoms with E-state index in [4.69, 9.17) is 11.6 Å². The minimum absolute atomic E-state index is 0.0791. The number of H-pyrrole nitrogens is 1. The first-order valence-electron chi connectivity index (χ1n) is 6.14. The third-order valence-corrected chi connectivity index (χ3v) is 4.01. The Morgan fingerprint density at radius 3 is 3.05 bits per heavy atom. The zero-order valence-electron chi connectivity index (χ0n) is 10.5. The van der Waals surface area contributed by atoms with Crippen molar-refractivity contribution in [3.63, 3.8) is 0 Å². The van der Waals surface area contributed by atoms with Crippen LogP contribution in [0.25, 0.3) is 10.2 Å². The summed E-state index contributed by atoms with van der Waals surface area (Å²) in [6, 6.07) is 9.52. The highest BCUT2D eigenvalue weighted by molar-refractivity contribution is 7.17. The maximum atomic E-state index is 11.8. The molecule has 102 valence electrons. The number of nitrogens with one attached hydrogen (secondary N) is 2. The second-order valence-electron chi connectivity index (χ2n) is 4.38. The van der Waals surface area contributed by atoms with Crippen LogP contribution in [0, 0.1) is 0 Å². The summed E-state index contributed by atoms with van der Waals surface area (Å²) in [6.07, 6.45) is 0.